The fraction of sp³-hybridized carbons (Fsp3) is 0.450. The van der Waals surface area contributed by atoms with Gasteiger partial charge in [0.1, 0.15) is 5.54 Å². The largest absolute Gasteiger partial charge is 0.320 e. The number of aromatic nitrogens is 1. The standard InChI is InChI=1S/C20H23N3O2S/c1-20(15-8-3-2-4-9-15,18(25)22-19-21-11-12-26-19)23-13-14-7-5-6-10-16(14)17(23)24/h5-7,10-12,15H,2-4,8-9,13H2,1H3,(H,21,22,25). The first-order chi connectivity index (χ1) is 12.6. The molecule has 2 aromatic rings. The maximum atomic E-state index is 13.4. The Hall–Kier alpha value is -2.21. The van der Waals surface area contributed by atoms with Crippen LogP contribution in [-0.4, -0.2) is 27.2 Å². The Bertz CT molecular complexity index is 814. The molecular weight excluding hydrogens is 346 g/mol. The van der Waals surface area contributed by atoms with Crippen molar-refractivity contribution >= 4 is 28.3 Å². The molecule has 2 amide bonds. The van der Waals surface area contributed by atoms with Crippen LogP contribution in [0.3, 0.4) is 0 Å². The van der Waals surface area contributed by atoms with Gasteiger partial charge in [0.2, 0.25) is 0 Å². The first kappa shape index (κ1) is 17.2. The second kappa shape index (κ2) is 6.83. The van der Waals surface area contributed by atoms with Crippen LogP contribution in [0.2, 0.25) is 0 Å². The number of anilines is 1. The van der Waals surface area contributed by atoms with Crippen molar-refractivity contribution in [1.29, 1.82) is 0 Å². The van der Waals surface area contributed by atoms with Crippen LogP contribution in [0.5, 0.6) is 0 Å². The second-order valence-corrected chi connectivity index (χ2v) is 8.22. The normalized spacial score (nSPS) is 19.9. The maximum absolute atomic E-state index is 13.4. The van der Waals surface area contributed by atoms with E-state index in [0.29, 0.717) is 11.7 Å². The van der Waals surface area contributed by atoms with E-state index in [2.05, 4.69) is 10.3 Å². The highest BCUT2D eigenvalue weighted by Crippen LogP contribution is 2.41. The number of carbonyl (C=O) groups is 2. The van der Waals surface area contributed by atoms with Crippen molar-refractivity contribution in [2.24, 2.45) is 5.92 Å². The van der Waals surface area contributed by atoms with E-state index in [4.69, 9.17) is 0 Å². The van der Waals surface area contributed by atoms with Gasteiger partial charge in [-0.15, -0.1) is 11.3 Å². The monoisotopic (exact) mass is 369 g/mol. The van der Waals surface area contributed by atoms with Crippen LogP contribution in [-0.2, 0) is 11.3 Å². The summed E-state index contributed by atoms with van der Waals surface area (Å²) in [4.78, 5) is 32.5. The fourth-order valence-electron chi connectivity index (χ4n) is 4.33. The van der Waals surface area contributed by atoms with Gasteiger partial charge in [0.15, 0.2) is 5.13 Å². The van der Waals surface area contributed by atoms with Gasteiger partial charge >= 0.3 is 0 Å². The highest BCUT2D eigenvalue weighted by atomic mass is 32.1. The zero-order valence-electron chi connectivity index (χ0n) is 14.9. The van der Waals surface area contributed by atoms with Crippen LogP contribution in [0.25, 0.3) is 0 Å². The summed E-state index contributed by atoms with van der Waals surface area (Å²) < 4.78 is 0. The molecule has 2 heterocycles. The Morgan fingerprint density at radius 3 is 2.73 bits per heavy atom. The Kier molecular flexibility index (Phi) is 4.53. The SMILES string of the molecule is CC(C(=O)Nc1nccs1)(C1CCCCC1)N1Cc2ccccc2C1=O. The van der Waals surface area contributed by atoms with Gasteiger partial charge in [-0.25, -0.2) is 4.98 Å². The molecule has 1 fully saturated rings. The van der Waals surface area contributed by atoms with Crippen LogP contribution in [0.15, 0.2) is 35.8 Å². The van der Waals surface area contributed by atoms with Crippen molar-refractivity contribution in [2.45, 2.75) is 51.1 Å². The molecule has 26 heavy (non-hydrogen) atoms. The van der Waals surface area contributed by atoms with E-state index in [-0.39, 0.29) is 17.7 Å². The molecule has 1 atom stereocenters. The molecule has 1 unspecified atom stereocenters. The topological polar surface area (TPSA) is 62.3 Å². The summed E-state index contributed by atoms with van der Waals surface area (Å²) in [5, 5.41) is 5.38. The average Bonchev–Trinajstić information content (AvgIpc) is 3.30. The van der Waals surface area contributed by atoms with Crippen molar-refractivity contribution in [1.82, 2.24) is 9.88 Å². The van der Waals surface area contributed by atoms with Crippen molar-refractivity contribution in [3.8, 4) is 0 Å². The van der Waals surface area contributed by atoms with Crippen LogP contribution in [0.1, 0.15) is 54.9 Å². The Balaban J connectivity index is 1.69. The van der Waals surface area contributed by atoms with Crippen LogP contribution in [0, 0.1) is 5.92 Å². The molecular formula is C20H23N3O2S. The van der Waals surface area contributed by atoms with Gasteiger partial charge < -0.3 is 4.90 Å². The molecule has 1 saturated carbocycles. The van der Waals surface area contributed by atoms with Gasteiger partial charge in [-0.3, -0.25) is 14.9 Å². The first-order valence-electron chi connectivity index (χ1n) is 9.21. The highest BCUT2D eigenvalue weighted by molar-refractivity contribution is 7.13. The molecule has 136 valence electrons. The molecule has 0 spiro atoms. The lowest BCUT2D eigenvalue weighted by atomic mass is 9.74. The minimum absolute atomic E-state index is 0.0389. The van der Waals surface area contributed by atoms with Crippen LogP contribution in [0.4, 0.5) is 5.13 Å². The molecule has 0 radical (unpaired) electrons. The number of nitrogens with zero attached hydrogens (tertiary/aromatic N) is 2. The summed E-state index contributed by atoms with van der Waals surface area (Å²) in [6, 6.07) is 7.67. The van der Waals surface area contributed by atoms with E-state index in [1.807, 2.05) is 36.6 Å². The van der Waals surface area contributed by atoms with Gasteiger partial charge in [-0.2, -0.15) is 0 Å². The van der Waals surface area contributed by atoms with Crippen LogP contribution < -0.4 is 5.32 Å². The molecule has 1 aromatic carbocycles. The van der Waals surface area contributed by atoms with E-state index in [9.17, 15) is 9.59 Å². The first-order valence-corrected chi connectivity index (χ1v) is 10.1. The predicted octanol–water partition coefficient (Wildman–Crippen LogP) is 4.08. The Morgan fingerprint density at radius 2 is 2.04 bits per heavy atom. The summed E-state index contributed by atoms with van der Waals surface area (Å²) in [7, 11) is 0. The fourth-order valence-corrected chi connectivity index (χ4v) is 4.86. The van der Waals surface area contributed by atoms with Gasteiger partial charge in [-0.1, -0.05) is 37.5 Å². The lowest BCUT2D eigenvalue weighted by molar-refractivity contribution is -0.130. The molecule has 1 aliphatic carbocycles. The molecule has 0 bridgehead atoms. The Labute approximate surface area is 157 Å². The lowest BCUT2D eigenvalue weighted by Gasteiger charge is -2.44. The molecule has 6 heteroatoms. The van der Waals surface area contributed by atoms with Crippen molar-refractivity contribution in [3.05, 3.63) is 47.0 Å². The van der Waals surface area contributed by atoms with Crippen molar-refractivity contribution in [2.75, 3.05) is 5.32 Å². The Morgan fingerprint density at radius 1 is 1.27 bits per heavy atom. The quantitative estimate of drug-likeness (QED) is 0.883. The number of benzene rings is 1. The number of thiazole rings is 1. The molecule has 4 rings (SSSR count). The van der Waals surface area contributed by atoms with Gasteiger partial charge in [0.05, 0.1) is 0 Å². The molecule has 5 nitrogen and oxygen atoms in total. The molecule has 1 aliphatic heterocycles. The van der Waals surface area contributed by atoms with Gasteiger partial charge in [0.25, 0.3) is 11.8 Å². The number of hydrogen-bond acceptors (Lipinski definition) is 4. The number of amides is 2. The summed E-state index contributed by atoms with van der Waals surface area (Å²) in [6.45, 7) is 2.43. The third-order valence-electron chi connectivity index (χ3n) is 5.89. The maximum Gasteiger partial charge on any atom is 0.255 e. The average molecular weight is 369 g/mol. The lowest BCUT2D eigenvalue weighted by Crippen LogP contribution is -2.59. The van der Waals surface area contributed by atoms with E-state index >= 15 is 0 Å². The van der Waals surface area contributed by atoms with E-state index in [1.165, 1.54) is 17.8 Å². The number of nitrogens with one attached hydrogen (secondary N) is 1. The third kappa shape index (κ3) is 2.82. The smallest absolute Gasteiger partial charge is 0.255 e. The zero-order chi connectivity index (χ0) is 18.1. The predicted molar refractivity (Wildman–Crippen MR) is 102 cm³/mol. The van der Waals surface area contributed by atoms with Crippen molar-refractivity contribution < 1.29 is 9.59 Å². The number of hydrogen-bond donors (Lipinski definition) is 1. The molecule has 1 N–H and O–H groups in total. The van der Waals surface area contributed by atoms with E-state index in [1.54, 1.807) is 11.1 Å². The zero-order valence-corrected chi connectivity index (χ0v) is 15.7. The molecule has 1 aromatic heterocycles. The number of carbonyl (C=O) groups excluding carboxylic acids is 2. The molecule has 0 saturated heterocycles. The highest BCUT2D eigenvalue weighted by Gasteiger charge is 2.50. The van der Waals surface area contributed by atoms with E-state index in [0.717, 1.165) is 36.8 Å². The number of fused-ring (bicyclic) bond motifs is 1. The molecule has 2 aliphatic rings. The second-order valence-electron chi connectivity index (χ2n) is 7.32. The summed E-state index contributed by atoms with van der Waals surface area (Å²) in [5.74, 6) is -0.00190. The van der Waals surface area contributed by atoms with Crippen LogP contribution >= 0.6 is 11.3 Å². The minimum atomic E-state index is -0.873. The minimum Gasteiger partial charge on any atom is -0.320 e. The van der Waals surface area contributed by atoms with Gasteiger partial charge in [-0.05, 0) is 37.3 Å². The van der Waals surface area contributed by atoms with E-state index < -0.39 is 5.54 Å². The third-order valence-corrected chi connectivity index (χ3v) is 6.58. The van der Waals surface area contributed by atoms with Crippen molar-refractivity contribution in [3.63, 3.8) is 0 Å². The van der Waals surface area contributed by atoms with Gasteiger partial charge in [0, 0.05) is 23.7 Å². The summed E-state index contributed by atoms with van der Waals surface area (Å²) >= 11 is 1.40. The summed E-state index contributed by atoms with van der Waals surface area (Å²) in [6.07, 6.45) is 7.05. The summed E-state index contributed by atoms with van der Waals surface area (Å²) in [5.41, 5.74) is 0.848. The number of rotatable bonds is 4.